The Kier molecular flexibility index (Phi) is 3.39. The van der Waals surface area contributed by atoms with Gasteiger partial charge in [-0.15, -0.1) is 0 Å². The summed E-state index contributed by atoms with van der Waals surface area (Å²) in [4.78, 5) is 24.3. The molecule has 0 radical (unpaired) electrons. The third-order valence-electron chi connectivity index (χ3n) is 2.62. The summed E-state index contributed by atoms with van der Waals surface area (Å²) in [6.07, 6.45) is -0.898. The van der Waals surface area contributed by atoms with E-state index in [1.165, 1.54) is 0 Å². The van der Waals surface area contributed by atoms with E-state index >= 15 is 0 Å². The van der Waals surface area contributed by atoms with Gasteiger partial charge in [0, 0.05) is 19.5 Å². The van der Waals surface area contributed by atoms with Crippen LogP contribution in [0.2, 0.25) is 0 Å². The van der Waals surface area contributed by atoms with Crippen LogP contribution in [0.5, 0.6) is 0 Å². The zero-order chi connectivity index (χ0) is 12.3. The van der Waals surface area contributed by atoms with Gasteiger partial charge in [0.25, 0.3) is 5.91 Å². The lowest BCUT2D eigenvalue weighted by Gasteiger charge is -2.08. The number of ether oxygens (including phenoxy) is 1. The zero-order valence-corrected chi connectivity index (χ0v) is 9.33. The molecule has 1 aromatic carbocycles. The van der Waals surface area contributed by atoms with Crippen LogP contribution in [-0.4, -0.2) is 36.1 Å². The number of nitrogens with zero attached hydrogens (tertiary/aromatic N) is 1. The third-order valence-corrected chi connectivity index (χ3v) is 2.62. The van der Waals surface area contributed by atoms with Crippen LogP contribution in [0.4, 0.5) is 4.79 Å². The second-order valence-electron chi connectivity index (χ2n) is 3.84. The second kappa shape index (κ2) is 4.97. The van der Waals surface area contributed by atoms with Crippen LogP contribution in [0.1, 0.15) is 5.56 Å². The van der Waals surface area contributed by atoms with Crippen molar-refractivity contribution in [2.45, 2.75) is 12.5 Å². The minimum atomic E-state index is -0.712. The first kappa shape index (κ1) is 11.6. The van der Waals surface area contributed by atoms with Gasteiger partial charge in [-0.3, -0.25) is 4.79 Å². The molecule has 5 nitrogen and oxygen atoms in total. The van der Waals surface area contributed by atoms with Crippen molar-refractivity contribution in [2.24, 2.45) is 5.73 Å². The molecular formula is C12H14N2O3. The van der Waals surface area contributed by atoms with Crippen molar-refractivity contribution in [1.82, 2.24) is 4.90 Å². The molecule has 0 aliphatic carbocycles. The molecule has 0 bridgehead atoms. The lowest BCUT2D eigenvalue weighted by atomic mass is 10.1. The van der Waals surface area contributed by atoms with E-state index in [9.17, 15) is 9.59 Å². The molecule has 1 aliphatic heterocycles. The van der Waals surface area contributed by atoms with Gasteiger partial charge >= 0.3 is 6.09 Å². The molecule has 1 heterocycles. The van der Waals surface area contributed by atoms with Crippen LogP contribution in [0.15, 0.2) is 30.3 Å². The highest BCUT2D eigenvalue weighted by molar-refractivity contribution is 6.00. The Labute approximate surface area is 99.2 Å². The summed E-state index contributed by atoms with van der Waals surface area (Å²) in [5.74, 6) is -0.302. The van der Waals surface area contributed by atoms with E-state index in [4.69, 9.17) is 10.5 Å². The van der Waals surface area contributed by atoms with E-state index in [2.05, 4.69) is 0 Å². The molecule has 0 aromatic heterocycles. The maximum atomic E-state index is 11.8. The van der Waals surface area contributed by atoms with Gasteiger partial charge in [0.2, 0.25) is 0 Å². The second-order valence-corrected chi connectivity index (χ2v) is 3.84. The quantitative estimate of drug-likeness (QED) is 0.825. The van der Waals surface area contributed by atoms with Crippen LogP contribution in [0.25, 0.3) is 0 Å². The van der Waals surface area contributed by atoms with E-state index in [-0.39, 0.29) is 19.0 Å². The van der Waals surface area contributed by atoms with Crippen molar-refractivity contribution in [3.8, 4) is 0 Å². The smallest absolute Gasteiger partial charge is 0.417 e. The van der Waals surface area contributed by atoms with E-state index in [0.717, 1.165) is 10.5 Å². The van der Waals surface area contributed by atoms with Gasteiger partial charge in [-0.1, -0.05) is 30.3 Å². The van der Waals surface area contributed by atoms with E-state index in [0.29, 0.717) is 6.42 Å². The number of hydrogen-bond acceptors (Lipinski definition) is 4. The first-order valence-corrected chi connectivity index (χ1v) is 5.48. The monoisotopic (exact) mass is 234 g/mol. The number of rotatable bonds is 4. The van der Waals surface area contributed by atoms with Crippen molar-refractivity contribution >= 4 is 12.0 Å². The average molecular weight is 234 g/mol. The Morgan fingerprint density at radius 1 is 1.24 bits per heavy atom. The van der Waals surface area contributed by atoms with Crippen LogP contribution in [-0.2, 0) is 16.0 Å². The van der Waals surface area contributed by atoms with Gasteiger partial charge in [-0.2, -0.15) is 0 Å². The minimum absolute atomic E-state index is 0.211. The molecule has 90 valence electrons. The fraction of sp³-hybridized carbons (Fsp3) is 0.333. The van der Waals surface area contributed by atoms with E-state index < -0.39 is 12.2 Å². The third kappa shape index (κ3) is 2.45. The summed E-state index contributed by atoms with van der Waals surface area (Å²) in [6.45, 7) is 0.460. The average Bonchev–Trinajstić information content (AvgIpc) is 2.59. The molecule has 1 atom stereocenters. The van der Waals surface area contributed by atoms with E-state index in [1.54, 1.807) is 0 Å². The maximum absolute atomic E-state index is 11.8. The summed E-state index contributed by atoms with van der Waals surface area (Å²) >= 11 is 0. The number of nitrogens with two attached hydrogens (primary N) is 1. The standard InChI is InChI=1S/C12H14N2O3/c13-6-7-14-11(15)10(17-12(14)16)8-9-4-2-1-3-5-9/h1-5,10H,6-8,13H2/t10-/m0/s1. The topological polar surface area (TPSA) is 72.6 Å². The van der Waals surface area contributed by atoms with Crippen molar-refractivity contribution < 1.29 is 14.3 Å². The van der Waals surface area contributed by atoms with Gasteiger partial charge in [0.1, 0.15) is 0 Å². The highest BCUT2D eigenvalue weighted by Gasteiger charge is 2.39. The highest BCUT2D eigenvalue weighted by atomic mass is 16.6. The maximum Gasteiger partial charge on any atom is 0.417 e. The van der Waals surface area contributed by atoms with E-state index in [1.807, 2.05) is 30.3 Å². The van der Waals surface area contributed by atoms with Crippen LogP contribution in [0, 0.1) is 0 Å². The van der Waals surface area contributed by atoms with Gasteiger partial charge in [-0.25, -0.2) is 9.69 Å². The Morgan fingerprint density at radius 3 is 2.59 bits per heavy atom. The summed E-state index contributed by atoms with van der Waals surface area (Å²) < 4.78 is 5.02. The number of imide groups is 1. The highest BCUT2D eigenvalue weighted by Crippen LogP contribution is 2.16. The van der Waals surface area contributed by atoms with Gasteiger partial charge < -0.3 is 10.5 Å². The molecular weight excluding hydrogens is 220 g/mol. The lowest BCUT2D eigenvalue weighted by molar-refractivity contribution is -0.129. The number of amides is 2. The number of cyclic esters (lactones) is 1. The summed E-state index contributed by atoms with van der Waals surface area (Å²) in [7, 11) is 0. The first-order valence-electron chi connectivity index (χ1n) is 5.48. The lowest BCUT2D eigenvalue weighted by Crippen LogP contribution is -2.36. The number of hydrogen-bond donors (Lipinski definition) is 1. The zero-order valence-electron chi connectivity index (χ0n) is 9.33. The normalized spacial score (nSPS) is 19.6. The minimum Gasteiger partial charge on any atom is -0.435 e. The van der Waals surface area contributed by atoms with Crippen molar-refractivity contribution in [1.29, 1.82) is 0 Å². The molecule has 0 unspecified atom stereocenters. The predicted molar refractivity (Wildman–Crippen MR) is 61.2 cm³/mol. The fourth-order valence-corrected chi connectivity index (χ4v) is 1.79. The Balaban J connectivity index is 2.04. The molecule has 5 heteroatoms. The Bertz CT molecular complexity index is 419. The first-order chi connectivity index (χ1) is 8.22. The summed E-state index contributed by atoms with van der Waals surface area (Å²) in [5.41, 5.74) is 6.30. The Morgan fingerprint density at radius 2 is 1.94 bits per heavy atom. The van der Waals surface area contributed by atoms with Crippen molar-refractivity contribution in [3.05, 3.63) is 35.9 Å². The fourth-order valence-electron chi connectivity index (χ4n) is 1.79. The molecule has 2 N–H and O–H groups in total. The molecule has 1 saturated heterocycles. The van der Waals surface area contributed by atoms with Crippen LogP contribution < -0.4 is 5.73 Å². The largest absolute Gasteiger partial charge is 0.435 e. The number of benzene rings is 1. The number of carbonyl (C=O) groups is 2. The number of carbonyl (C=O) groups excluding carboxylic acids is 2. The molecule has 1 aromatic rings. The molecule has 0 saturated carbocycles. The van der Waals surface area contributed by atoms with Crippen LogP contribution >= 0.6 is 0 Å². The Hall–Kier alpha value is -1.88. The SMILES string of the molecule is NCCN1C(=O)O[C@@H](Cc2ccccc2)C1=O. The predicted octanol–water partition coefficient (Wildman–Crippen LogP) is 0.535. The van der Waals surface area contributed by atoms with Crippen LogP contribution in [0.3, 0.4) is 0 Å². The van der Waals surface area contributed by atoms with Gasteiger partial charge in [0.15, 0.2) is 6.10 Å². The molecule has 2 amide bonds. The van der Waals surface area contributed by atoms with Gasteiger partial charge in [-0.05, 0) is 5.56 Å². The molecule has 0 spiro atoms. The molecule has 2 rings (SSSR count). The van der Waals surface area contributed by atoms with Gasteiger partial charge in [0.05, 0.1) is 0 Å². The molecule has 1 fully saturated rings. The van der Waals surface area contributed by atoms with Crippen molar-refractivity contribution in [3.63, 3.8) is 0 Å². The summed E-state index contributed by atoms with van der Waals surface area (Å²) in [5, 5.41) is 0. The molecule has 1 aliphatic rings. The van der Waals surface area contributed by atoms with Crippen molar-refractivity contribution in [2.75, 3.05) is 13.1 Å². The molecule has 17 heavy (non-hydrogen) atoms. The summed E-state index contributed by atoms with van der Waals surface area (Å²) in [6, 6.07) is 9.45.